The van der Waals surface area contributed by atoms with Crippen molar-refractivity contribution in [3.63, 3.8) is 0 Å². The molecule has 1 heterocycles. The molecule has 9 heteroatoms. The minimum absolute atomic E-state index is 0.00486. The van der Waals surface area contributed by atoms with Gasteiger partial charge in [-0.15, -0.1) is 0 Å². The first-order valence-electron chi connectivity index (χ1n) is 5.35. The van der Waals surface area contributed by atoms with Crippen LogP contribution in [0.25, 0.3) is 0 Å². The van der Waals surface area contributed by atoms with E-state index in [9.17, 15) is 16.8 Å². The van der Waals surface area contributed by atoms with Crippen LogP contribution in [-0.4, -0.2) is 42.2 Å². The lowest BCUT2D eigenvalue weighted by molar-refractivity contribution is 0.174. The first kappa shape index (κ1) is 14.1. The highest BCUT2D eigenvalue weighted by molar-refractivity contribution is 7.91. The minimum Gasteiger partial charge on any atom is -0.454 e. The van der Waals surface area contributed by atoms with Gasteiger partial charge in [0.05, 0.1) is 10.6 Å². The van der Waals surface area contributed by atoms with Crippen LogP contribution in [0.5, 0.6) is 11.5 Å². The monoisotopic (exact) mass is 307 g/mol. The Balaban J connectivity index is 2.12. The highest BCUT2D eigenvalue weighted by atomic mass is 32.2. The Kier molecular flexibility index (Phi) is 3.70. The third-order valence-electron chi connectivity index (χ3n) is 2.42. The van der Waals surface area contributed by atoms with Crippen LogP contribution in [0.2, 0.25) is 0 Å². The third kappa shape index (κ3) is 3.58. The summed E-state index contributed by atoms with van der Waals surface area (Å²) in [5, 5.41) is 0. The topological polar surface area (TPSA) is 98.8 Å². The van der Waals surface area contributed by atoms with Gasteiger partial charge in [0.1, 0.15) is 9.84 Å². The summed E-state index contributed by atoms with van der Waals surface area (Å²) in [5.74, 6) is 0.581. The summed E-state index contributed by atoms with van der Waals surface area (Å²) in [6, 6.07) is 4.20. The average Bonchev–Trinajstić information content (AvgIpc) is 2.73. The minimum atomic E-state index is -3.75. The standard InChI is InChI=1S/C10H13NO6S2/c1-18(12,13)5-4-11-19(14,15)8-2-3-9-10(6-8)17-7-16-9/h2-3,6,11H,4-5,7H2,1H3. The first-order chi connectivity index (χ1) is 8.78. The second-order valence-corrected chi connectivity index (χ2v) is 8.07. The van der Waals surface area contributed by atoms with Crippen LogP contribution in [0, 0.1) is 0 Å². The van der Waals surface area contributed by atoms with Crippen LogP contribution < -0.4 is 14.2 Å². The molecule has 0 unspecified atom stereocenters. The van der Waals surface area contributed by atoms with E-state index in [1.165, 1.54) is 18.2 Å². The maximum atomic E-state index is 11.9. The van der Waals surface area contributed by atoms with Crippen LogP contribution in [0.3, 0.4) is 0 Å². The Morgan fingerprint density at radius 1 is 1.16 bits per heavy atom. The van der Waals surface area contributed by atoms with Gasteiger partial charge >= 0.3 is 0 Å². The molecule has 2 rings (SSSR count). The van der Waals surface area contributed by atoms with E-state index in [1.807, 2.05) is 0 Å². The van der Waals surface area contributed by atoms with Crippen molar-refractivity contribution >= 4 is 19.9 Å². The van der Waals surface area contributed by atoms with Gasteiger partial charge in [-0.3, -0.25) is 0 Å². The van der Waals surface area contributed by atoms with Crippen molar-refractivity contribution < 1.29 is 26.3 Å². The SMILES string of the molecule is CS(=O)(=O)CCNS(=O)(=O)c1ccc2c(c1)OCO2. The molecule has 1 aliphatic heterocycles. The Morgan fingerprint density at radius 3 is 2.53 bits per heavy atom. The molecular formula is C10H13NO6S2. The van der Waals surface area contributed by atoms with Gasteiger partial charge in [-0.05, 0) is 12.1 Å². The lowest BCUT2D eigenvalue weighted by atomic mass is 10.3. The number of nitrogens with one attached hydrogen (secondary N) is 1. The molecule has 0 aliphatic carbocycles. The lowest BCUT2D eigenvalue weighted by Crippen LogP contribution is -2.28. The smallest absolute Gasteiger partial charge is 0.240 e. The second-order valence-electron chi connectivity index (χ2n) is 4.04. The van der Waals surface area contributed by atoms with Crippen LogP contribution >= 0.6 is 0 Å². The number of fused-ring (bicyclic) bond motifs is 1. The van der Waals surface area contributed by atoms with Crippen molar-refractivity contribution in [2.45, 2.75) is 4.90 Å². The summed E-state index contributed by atoms with van der Waals surface area (Å²) in [4.78, 5) is 0.00486. The van der Waals surface area contributed by atoms with E-state index in [0.29, 0.717) is 11.5 Å². The fourth-order valence-electron chi connectivity index (χ4n) is 1.49. The molecule has 1 N–H and O–H groups in total. The van der Waals surface area contributed by atoms with E-state index < -0.39 is 19.9 Å². The molecule has 0 atom stereocenters. The molecule has 0 aromatic heterocycles. The molecule has 0 fully saturated rings. The summed E-state index contributed by atoms with van der Waals surface area (Å²) < 4.78 is 58.1. The first-order valence-corrected chi connectivity index (χ1v) is 8.89. The quantitative estimate of drug-likeness (QED) is 0.804. The molecule has 0 saturated carbocycles. The number of hydrogen-bond donors (Lipinski definition) is 1. The molecule has 0 radical (unpaired) electrons. The van der Waals surface area contributed by atoms with Crippen molar-refractivity contribution in [2.24, 2.45) is 0 Å². The molecule has 0 saturated heterocycles. The summed E-state index contributed by atoms with van der Waals surface area (Å²) >= 11 is 0. The fourth-order valence-corrected chi connectivity index (χ4v) is 3.14. The zero-order valence-corrected chi connectivity index (χ0v) is 11.8. The zero-order valence-electron chi connectivity index (χ0n) is 10.1. The highest BCUT2D eigenvalue weighted by Gasteiger charge is 2.20. The summed E-state index contributed by atoms with van der Waals surface area (Å²) in [6.07, 6.45) is 1.04. The molecule has 0 spiro atoms. The Hall–Kier alpha value is -1.32. The van der Waals surface area contributed by atoms with E-state index in [2.05, 4.69) is 4.72 Å². The summed E-state index contributed by atoms with van der Waals surface area (Å²) in [6.45, 7) is -0.115. The molecular weight excluding hydrogens is 294 g/mol. The molecule has 19 heavy (non-hydrogen) atoms. The molecule has 0 amide bonds. The van der Waals surface area contributed by atoms with Gasteiger partial charge < -0.3 is 9.47 Å². The van der Waals surface area contributed by atoms with Gasteiger partial charge in [-0.2, -0.15) is 0 Å². The van der Waals surface area contributed by atoms with Crippen LogP contribution in [0.15, 0.2) is 23.1 Å². The van der Waals surface area contributed by atoms with E-state index >= 15 is 0 Å². The van der Waals surface area contributed by atoms with Crippen molar-refractivity contribution in [2.75, 3.05) is 25.3 Å². The zero-order chi connectivity index (χ0) is 14.1. The Labute approximate surface area is 111 Å². The predicted molar refractivity (Wildman–Crippen MR) is 67.5 cm³/mol. The van der Waals surface area contributed by atoms with Gasteiger partial charge in [0.2, 0.25) is 16.8 Å². The second kappa shape index (κ2) is 4.99. The normalized spacial score (nSPS) is 14.6. The van der Waals surface area contributed by atoms with E-state index in [0.717, 1.165) is 6.26 Å². The molecule has 1 aromatic carbocycles. The number of hydrogen-bond acceptors (Lipinski definition) is 6. The molecule has 106 valence electrons. The van der Waals surface area contributed by atoms with Gasteiger partial charge in [0.25, 0.3) is 0 Å². The van der Waals surface area contributed by atoms with Gasteiger partial charge in [-0.25, -0.2) is 21.6 Å². The van der Waals surface area contributed by atoms with Crippen molar-refractivity contribution in [3.8, 4) is 11.5 Å². The molecule has 1 aromatic rings. The maximum Gasteiger partial charge on any atom is 0.240 e. The Bertz CT molecular complexity index is 680. The van der Waals surface area contributed by atoms with E-state index in [4.69, 9.17) is 9.47 Å². The number of benzene rings is 1. The largest absolute Gasteiger partial charge is 0.454 e. The van der Waals surface area contributed by atoms with Crippen LogP contribution in [0.1, 0.15) is 0 Å². The summed E-state index contributed by atoms with van der Waals surface area (Å²) in [7, 11) is -6.96. The van der Waals surface area contributed by atoms with Gasteiger partial charge in [0, 0.05) is 18.9 Å². The van der Waals surface area contributed by atoms with Gasteiger partial charge in [-0.1, -0.05) is 0 Å². The number of sulfonamides is 1. The van der Waals surface area contributed by atoms with Crippen LogP contribution in [0.4, 0.5) is 0 Å². The number of ether oxygens (including phenoxy) is 2. The van der Waals surface area contributed by atoms with Crippen molar-refractivity contribution in [3.05, 3.63) is 18.2 Å². The van der Waals surface area contributed by atoms with E-state index in [1.54, 1.807) is 0 Å². The molecule has 7 nitrogen and oxygen atoms in total. The Morgan fingerprint density at radius 2 is 1.84 bits per heavy atom. The lowest BCUT2D eigenvalue weighted by Gasteiger charge is -2.06. The van der Waals surface area contributed by atoms with Crippen LogP contribution in [-0.2, 0) is 19.9 Å². The van der Waals surface area contributed by atoms with Gasteiger partial charge in [0.15, 0.2) is 11.5 Å². The highest BCUT2D eigenvalue weighted by Crippen LogP contribution is 2.33. The number of rotatable bonds is 5. The van der Waals surface area contributed by atoms with E-state index in [-0.39, 0.29) is 24.0 Å². The average molecular weight is 307 g/mol. The summed E-state index contributed by atoms with van der Waals surface area (Å²) in [5.41, 5.74) is 0. The third-order valence-corrected chi connectivity index (χ3v) is 4.82. The molecule has 0 bridgehead atoms. The van der Waals surface area contributed by atoms with Crippen molar-refractivity contribution in [1.29, 1.82) is 0 Å². The van der Waals surface area contributed by atoms with Crippen molar-refractivity contribution in [1.82, 2.24) is 4.72 Å². The fraction of sp³-hybridized carbons (Fsp3) is 0.400. The predicted octanol–water partition coefficient (Wildman–Crippen LogP) is -0.262. The molecule has 1 aliphatic rings. The number of sulfone groups is 1. The maximum absolute atomic E-state index is 11.9.